The number of hydrogen-bond donors (Lipinski definition) is 4. The third-order valence-corrected chi connectivity index (χ3v) is 3.84. The molecule has 1 aromatic carbocycles. The minimum Gasteiger partial charge on any atom is -0.376 e. The number of urea groups is 1. The summed E-state index contributed by atoms with van der Waals surface area (Å²) in [6.45, 7) is 6.13. The summed E-state index contributed by atoms with van der Waals surface area (Å²) in [4.78, 5) is 15.9. The van der Waals surface area contributed by atoms with Gasteiger partial charge in [-0.15, -0.1) is 24.0 Å². The van der Waals surface area contributed by atoms with Gasteiger partial charge >= 0.3 is 6.03 Å². The number of hydrogen-bond acceptors (Lipinski definition) is 3. The lowest BCUT2D eigenvalue weighted by Crippen LogP contribution is -2.40. The highest BCUT2D eigenvalue weighted by atomic mass is 127. The monoisotopic (exact) mass is 475 g/mol. The molecule has 1 saturated heterocycles. The number of ether oxygens (including phenoxy) is 1. The first-order valence-electron chi connectivity index (χ1n) is 8.79. The summed E-state index contributed by atoms with van der Waals surface area (Å²) in [5.74, 6) is 0.758. The van der Waals surface area contributed by atoms with E-state index in [0.717, 1.165) is 43.2 Å². The van der Waals surface area contributed by atoms with Crippen LogP contribution in [0.1, 0.15) is 32.3 Å². The number of nitrogens with one attached hydrogen (secondary N) is 4. The van der Waals surface area contributed by atoms with Crippen LogP contribution in [0.2, 0.25) is 0 Å². The number of aliphatic imine (C=N–C) groups is 1. The Morgan fingerprint density at radius 2 is 2.00 bits per heavy atom. The van der Waals surface area contributed by atoms with Gasteiger partial charge in [0.25, 0.3) is 0 Å². The Morgan fingerprint density at radius 3 is 2.58 bits per heavy atom. The molecular weight excluding hydrogens is 445 g/mol. The molecule has 146 valence electrons. The van der Waals surface area contributed by atoms with Crippen molar-refractivity contribution in [2.75, 3.05) is 25.5 Å². The lowest BCUT2D eigenvalue weighted by Gasteiger charge is -2.15. The fraction of sp³-hybridized carbons (Fsp3) is 0.556. The largest absolute Gasteiger partial charge is 0.376 e. The number of carbonyl (C=O) groups is 1. The highest BCUT2D eigenvalue weighted by molar-refractivity contribution is 14.0. The second-order valence-electron chi connectivity index (χ2n) is 6.39. The molecule has 0 aromatic heterocycles. The maximum atomic E-state index is 11.7. The summed E-state index contributed by atoms with van der Waals surface area (Å²) in [5.41, 5.74) is 1.87. The SMILES string of the molecule is CN=C(NCc1ccc(NC(=O)NC(C)C)cc1)NCC1CCCO1.I. The summed E-state index contributed by atoms with van der Waals surface area (Å²) >= 11 is 0. The topological polar surface area (TPSA) is 86.8 Å². The second kappa shape index (κ2) is 11.9. The zero-order valence-corrected chi connectivity index (χ0v) is 18.0. The first-order chi connectivity index (χ1) is 12.1. The highest BCUT2D eigenvalue weighted by Gasteiger charge is 2.15. The molecule has 7 nitrogen and oxygen atoms in total. The van der Waals surface area contributed by atoms with E-state index in [4.69, 9.17) is 4.74 Å². The number of amides is 2. The van der Waals surface area contributed by atoms with Gasteiger partial charge in [0.05, 0.1) is 6.10 Å². The number of rotatable bonds is 6. The molecule has 2 rings (SSSR count). The van der Waals surface area contributed by atoms with Crippen LogP contribution in [0, 0.1) is 0 Å². The van der Waals surface area contributed by atoms with E-state index in [-0.39, 0.29) is 42.2 Å². The van der Waals surface area contributed by atoms with Gasteiger partial charge in [-0.2, -0.15) is 0 Å². The van der Waals surface area contributed by atoms with Crippen LogP contribution in [0.3, 0.4) is 0 Å². The number of anilines is 1. The molecule has 8 heteroatoms. The van der Waals surface area contributed by atoms with Crippen LogP contribution in [0.4, 0.5) is 10.5 Å². The smallest absolute Gasteiger partial charge is 0.319 e. The molecule has 1 aromatic rings. The van der Waals surface area contributed by atoms with Crippen LogP contribution in [-0.4, -0.2) is 44.3 Å². The maximum absolute atomic E-state index is 11.7. The molecule has 4 N–H and O–H groups in total. The van der Waals surface area contributed by atoms with E-state index in [2.05, 4.69) is 26.3 Å². The molecule has 1 fully saturated rings. The van der Waals surface area contributed by atoms with Gasteiger partial charge in [0.1, 0.15) is 0 Å². The predicted molar refractivity (Wildman–Crippen MR) is 116 cm³/mol. The van der Waals surface area contributed by atoms with Gasteiger partial charge in [-0.3, -0.25) is 4.99 Å². The van der Waals surface area contributed by atoms with Crippen LogP contribution in [0.15, 0.2) is 29.3 Å². The minimum absolute atomic E-state index is 0. The zero-order chi connectivity index (χ0) is 18.1. The first-order valence-corrected chi connectivity index (χ1v) is 8.79. The van der Waals surface area contributed by atoms with E-state index >= 15 is 0 Å². The Labute approximate surface area is 172 Å². The normalized spacial score (nSPS) is 16.8. The predicted octanol–water partition coefficient (Wildman–Crippen LogP) is 2.68. The van der Waals surface area contributed by atoms with E-state index in [1.165, 1.54) is 0 Å². The Bertz CT molecular complexity index is 571. The van der Waals surface area contributed by atoms with Crippen molar-refractivity contribution in [2.45, 2.75) is 45.4 Å². The quantitative estimate of drug-likeness (QED) is 0.290. The third kappa shape index (κ3) is 8.22. The molecule has 1 unspecified atom stereocenters. The number of guanidine groups is 1. The fourth-order valence-corrected chi connectivity index (χ4v) is 2.56. The van der Waals surface area contributed by atoms with Crippen molar-refractivity contribution in [1.29, 1.82) is 0 Å². The van der Waals surface area contributed by atoms with Gasteiger partial charge < -0.3 is 26.0 Å². The summed E-state index contributed by atoms with van der Waals surface area (Å²) < 4.78 is 5.59. The molecule has 0 bridgehead atoms. The maximum Gasteiger partial charge on any atom is 0.319 e. The van der Waals surface area contributed by atoms with Crippen LogP contribution in [-0.2, 0) is 11.3 Å². The average Bonchev–Trinajstić information content (AvgIpc) is 3.09. The molecule has 0 spiro atoms. The van der Waals surface area contributed by atoms with Crippen LogP contribution >= 0.6 is 24.0 Å². The van der Waals surface area contributed by atoms with Crippen molar-refractivity contribution in [3.05, 3.63) is 29.8 Å². The lowest BCUT2D eigenvalue weighted by molar-refractivity contribution is 0.114. The summed E-state index contributed by atoms with van der Waals surface area (Å²) in [6.07, 6.45) is 2.51. The van der Waals surface area contributed by atoms with E-state index in [9.17, 15) is 4.79 Å². The summed E-state index contributed by atoms with van der Waals surface area (Å²) in [5, 5.41) is 12.2. The Balaban J connectivity index is 0.00000338. The van der Waals surface area contributed by atoms with Gasteiger partial charge in [-0.05, 0) is 44.4 Å². The lowest BCUT2D eigenvalue weighted by atomic mass is 10.2. The molecule has 1 aliphatic rings. The fourth-order valence-electron chi connectivity index (χ4n) is 2.56. The van der Waals surface area contributed by atoms with Crippen molar-refractivity contribution in [3.8, 4) is 0 Å². The van der Waals surface area contributed by atoms with Crippen LogP contribution in [0.5, 0.6) is 0 Å². The van der Waals surface area contributed by atoms with Crippen molar-refractivity contribution in [2.24, 2.45) is 4.99 Å². The number of benzene rings is 1. The minimum atomic E-state index is -0.195. The number of nitrogens with zero attached hydrogens (tertiary/aromatic N) is 1. The van der Waals surface area contributed by atoms with Gasteiger partial charge in [0, 0.05) is 38.5 Å². The molecule has 0 aliphatic carbocycles. The highest BCUT2D eigenvalue weighted by Crippen LogP contribution is 2.11. The van der Waals surface area contributed by atoms with E-state index in [1.54, 1.807) is 7.05 Å². The molecule has 1 atom stereocenters. The molecule has 2 amide bonds. The zero-order valence-electron chi connectivity index (χ0n) is 15.7. The summed E-state index contributed by atoms with van der Waals surface area (Å²) in [6, 6.07) is 7.65. The van der Waals surface area contributed by atoms with Gasteiger partial charge in [-0.25, -0.2) is 4.79 Å². The number of carbonyl (C=O) groups excluding carboxylic acids is 1. The standard InChI is InChI=1S/C18H29N5O2.HI/c1-13(2)22-18(24)23-15-8-6-14(7-9-15)11-20-17(19-3)21-12-16-5-4-10-25-16;/h6-9,13,16H,4-5,10-12H2,1-3H3,(H2,19,20,21)(H2,22,23,24);1H. The van der Waals surface area contributed by atoms with Crippen LogP contribution in [0.25, 0.3) is 0 Å². The van der Waals surface area contributed by atoms with Crippen LogP contribution < -0.4 is 21.3 Å². The van der Waals surface area contributed by atoms with E-state index in [1.807, 2.05) is 38.1 Å². The Morgan fingerprint density at radius 1 is 1.27 bits per heavy atom. The molecule has 0 saturated carbocycles. The molecule has 0 radical (unpaired) electrons. The first kappa shape index (κ1) is 22.5. The van der Waals surface area contributed by atoms with Crippen molar-refractivity contribution >= 4 is 41.7 Å². The van der Waals surface area contributed by atoms with Gasteiger partial charge in [-0.1, -0.05) is 12.1 Å². The number of halogens is 1. The molecule has 1 aliphatic heterocycles. The van der Waals surface area contributed by atoms with Crippen molar-refractivity contribution in [1.82, 2.24) is 16.0 Å². The average molecular weight is 475 g/mol. The molecule has 1 heterocycles. The summed E-state index contributed by atoms with van der Waals surface area (Å²) in [7, 11) is 1.76. The second-order valence-corrected chi connectivity index (χ2v) is 6.39. The molecular formula is C18H30IN5O2. The molecule has 26 heavy (non-hydrogen) atoms. The Hall–Kier alpha value is -1.55. The van der Waals surface area contributed by atoms with Crippen molar-refractivity contribution < 1.29 is 9.53 Å². The third-order valence-electron chi connectivity index (χ3n) is 3.84. The van der Waals surface area contributed by atoms with Gasteiger partial charge in [0.15, 0.2) is 5.96 Å². The van der Waals surface area contributed by atoms with Gasteiger partial charge in [0.2, 0.25) is 0 Å². The van der Waals surface area contributed by atoms with Crippen molar-refractivity contribution in [3.63, 3.8) is 0 Å². The van der Waals surface area contributed by atoms with E-state index < -0.39 is 0 Å². The van der Waals surface area contributed by atoms with E-state index in [0.29, 0.717) is 6.54 Å². The Kier molecular flexibility index (Phi) is 10.3.